The summed E-state index contributed by atoms with van der Waals surface area (Å²) in [6.07, 6.45) is 3.23. The molecular weight excluding hydrogens is 370 g/mol. The number of amidine groups is 1. The van der Waals surface area contributed by atoms with Crippen molar-refractivity contribution in [3.05, 3.63) is 94.3 Å². The van der Waals surface area contributed by atoms with E-state index >= 15 is 0 Å². The van der Waals surface area contributed by atoms with Crippen molar-refractivity contribution in [1.29, 1.82) is 0 Å². The number of hydrogen-bond donors (Lipinski definition) is 1. The van der Waals surface area contributed by atoms with Crippen LogP contribution in [0.4, 0.5) is 11.4 Å². The number of nitro benzene ring substituents is 1. The number of nitrogens with one attached hydrogen (secondary N) is 1. The van der Waals surface area contributed by atoms with Gasteiger partial charge in [-0.25, -0.2) is 4.99 Å². The van der Waals surface area contributed by atoms with Gasteiger partial charge in [0.2, 0.25) is 0 Å². The van der Waals surface area contributed by atoms with Gasteiger partial charge in [0.1, 0.15) is 11.4 Å². The zero-order chi connectivity index (χ0) is 20.5. The minimum Gasteiger partial charge on any atom is -0.494 e. The normalized spacial score (nSPS) is 11.4. The maximum atomic E-state index is 10.7. The van der Waals surface area contributed by atoms with Crippen LogP contribution in [0.15, 0.2) is 83.0 Å². The molecule has 0 saturated carbocycles. The molecule has 3 aromatic rings. The first-order valence-electron chi connectivity index (χ1n) is 8.92. The van der Waals surface area contributed by atoms with Gasteiger partial charge in [-0.05, 0) is 61.0 Å². The molecule has 0 unspecified atom stereocenters. The molecule has 0 amide bonds. The van der Waals surface area contributed by atoms with Crippen molar-refractivity contribution >= 4 is 23.4 Å². The first-order valence-corrected chi connectivity index (χ1v) is 8.92. The van der Waals surface area contributed by atoms with Gasteiger partial charge in [0.15, 0.2) is 5.84 Å². The molecule has 0 fully saturated rings. The van der Waals surface area contributed by atoms with Crippen molar-refractivity contribution in [2.75, 3.05) is 6.61 Å². The molecule has 8 heteroatoms. The number of hydrogen-bond acceptors (Lipinski definition) is 6. The van der Waals surface area contributed by atoms with E-state index in [-0.39, 0.29) is 5.69 Å². The van der Waals surface area contributed by atoms with Crippen LogP contribution in [-0.4, -0.2) is 28.6 Å². The van der Waals surface area contributed by atoms with Gasteiger partial charge in [-0.1, -0.05) is 6.07 Å². The van der Waals surface area contributed by atoms with Crippen LogP contribution < -0.4 is 10.2 Å². The Morgan fingerprint density at radius 3 is 2.52 bits per heavy atom. The first-order chi connectivity index (χ1) is 14.2. The number of non-ortho nitro benzene ring substituents is 1. The molecule has 0 saturated heterocycles. The number of benzene rings is 2. The molecule has 146 valence electrons. The second-order valence-electron chi connectivity index (χ2n) is 5.82. The molecule has 3 rings (SSSR count). The van der Waals surface area contributed by atoms with Crippen molar-refractivity contribution in [3.63, 3.8) is 0 Å². The zero-order valence-corrected chi connectivity index (χ0v) is 15.7. The van der Waals surface area contributed by atoms with Crippen LogP contribution in [-0.2, 0) is 0 Å². The van der Waals surface area contributed by atoms with Crippen molar-refractivity contribution < 1.29 is 9.66 Å². The van der Waals surface area contributed by atoms with Crippen LogP contribution in [0.1, 0.15) is 18.2 Å². The minimum atomic E-state index is -0.443. The SMILES string of the molecule is CCOc1ccc(N=C(NN=Cc2ccc([N+](=O)[O-])cc2)c2ccccn2)cc1. The molecule has 0 spiro atoms. The van der Waals surface area contributed by atoms with E-state index in [0.29, 0.717) is 29.4 Å². The van der Waals surface area contributed by atoms with E-state index in [1.807, 2.05) is 49.4 Å². The Labute approximate surface area is 167 Å². The lowest BCUT2D eigenvalue weighted by molar-refractivity contribution is -0.384. The lowest BCUT2D eigenvalue weighted by Crippen LogP contribution is -2.20. The Bertz CT molecular complexity index is 1000. The second kappa shape index (κ2) is 9.75. The number of ether oxygens (including phenoxy) is 1. The molecule has 29 heavy (non-hydrogen) atoms. The summed E-state index contributed by atoms with van der Waals surface area (Å²) in [6.45, 7) is 2.53. The standard InChI is InChI=1S/C21H19N5O3/c1-2-29-19-12-8-17(9-13-19)24-21(20-5-3-4-14-22-20)25-23-15-16-6-10-18(11-7-16)26(27)28/h3-15H,2H2,1H3,(H,24,25). The number of hydrazone groups is 1. The smallest absolute Gasteiger partial charge is 0.269 e. The van der Waals surface area contributed by atoms with Gasteiger partial charge in [0.25, 0.3) is 5.69 Å². The molecule has 1 N–H and O–H groups in total. The number of nitrogens with zero attached hydrogens (tertiary/aromatic N) is 4. The summed E-state index contributed by atoms with van der Waals surface area (Å²) in [5, 5.41) is 14.9. The monoisotopic (exact) mass is 389 g/mol. The predicted molar refractivity (Wildman–Crippen MR) is 112 cm³/mol. The molecular formula is C21H19N5O3. The van der Waals surface area contributed by atoms with Crippen LogP contribution in [0.3, 0.4) is 0 Å². The van der Waals surface area contributed by atoms with Gasteiger partial charge in [-0.15, -0.1) is 0 Å². The van der Waals surface area contributed by atoms with Gasteiger partial charge in [0, 0.05) is 18.3 Å². The maximum Gasteiger partial charge on any atom is 0.269 e. The highest BCUT2D eigenvalue weighted by Gasteiger charge is 2.05. The van der Waals surface area contributed by atoms with Gasteiger partial charge < -0.3 is 4.74 Å². The lowest BCUT2D eigenvalue weighted by Gasteiger charge is -2.06. The largest absolute Gasteiger partial charge is 0.494 e. The number of rotatable bonds is 7. The average Bonchev–Trinajstić information content (AvgIpc) is 2.75. The molecule has 0 atom stereocenters. The number of pyridine rings is 1. The van der Waals surface area contributed by atoms with E-state index in [2.05, 4.69) is 20.5 Å². The fraction of sp³-hybridized carbons (Fsp3) is 0.0952. The van der Waals surface area contributed by atoms with Crippen LogP contribution in [0.2, 0.25) is 0 Å². The molecule has 8 nitrogen and oxygen atoms in total. The highest BCUT2D eigenvalue weighted by molar-refractivity contribution is 5.99. The Kier molecular flexibility index (Phi) is 6.62. The fourth-order valence-corrected chi connectivity index (χ4v) is 2.41. The van der Waals surface area contributed by atoms with Crippen LogP contribution in [0, 0.1) is 10.1 Å². The second-order valence-corrected chi connectivity index (χ2v) is 5.82. The Morgan fingerprint density at radius 1 is 1.14 bits per heavy atom. The first kappa shape index (κ1) is 19.7. The molecule has 2 aromatic carbocycles. The molecule has 0 bridgehead atoms. The summed E-state index contributed by atoms with van der Waals surface area (Å²) in [6, 6.07) is 19.0. The van der Waals surface area contributed by atoms with Crippen molar-refractivity contribution in [2.45, 2.75) is 6.92 Å². The summed E-state index contributed by atoms with van der Waals surface area (Å²) < 4.78 is 5.45. The predicted octanol–water partition coefficient (Wildman–Crippen LogP) is 4.09. The van der Waals surface area contributed by atoms with E-state index in [1.54, 1.807) is 24.5 Å². The van der Waals surface area contributed by atoms with E-state index in [1.165, 1.54) is 12.1 Å². The Morgan fingerprint density at radius 2 is 1.90 bits per heavy atom. The summed E-state index contributed by atoms with van der Waals surface area (Å²) >= 11 is 0. The van der Waals surface area contributed by atoms with Gasteiger partial charge in [-0.2, -0.15) is 5.10 Å². The Balaban J connectivity index is 1.79. The van der Waals surface area contributed by atoms with Gasteiger partial charge in [0.05, 0.1) is 23.4 Å². The molecule has 0 aliphatic heterocycles. The Hall–Kier alpha value is -4.07. The minimum absolute atomic E-state index is 0.0290. The van der Waals surface area contributed by atoms with E-state index in [4.69, 9.17) is 4.74 Å². The molecule has 0 radical (unpaired) electrons. The number of aromatic nitrogens is 1. The zero-order valence-electron chi connectivity index (χ0n) is 15.7. The average molecular weight is 389 g/mol. The van der Waals surface area contributed by atoms with Crippen LogP contribution in [0.5, 0.6) is 5.75 Å². The third-order valence-electron chi connectivity index (χ3n) is 3.78. The van der Waals surface area contributed by atoms with E-state index in [9.17, 15) is 10.1 Å². The van der Waals surface area contributed by atoms with E-state index < -0.39 is 4.92 Å². The number of nitro groups is 1. The molecule has 0 aliphatic carbocycles. The molecule has 0 aliphatic rings. The fourth-order valence-electron chi connectivity index (χ4n) is 2.41. The summed E-state index contributed by atoms with van der Waals surface area (Å²) in [5.74, 6) is 1.24. The van der Waals surface area contributed by atoms with Crippen molar-refractivity contribution in [3.8, 4) is 5.75 Å². The summed E-state index contributed by atoms with van der Waals surface area (Å²) in [5.41, 5.74) is 4.99. The highest BCUT2D eigenvalue weighted by Crippen LogP contribution is 2.19. The highest BCUT2D eigenvalue weighted by atomic mass is 16.6. The summed E-state index contributed by atoms with van der Waals surface area (Å²) in [4.78, 5) is 19.2. The van der Waals surface area contributed by atoms with Crippen molar-refractivity contribution in [2.24, 2.45) is 10.1 Å². The topological polar surface area (TPSA) is 102 Å². The maximum absolute atomic E-state index is 10.7. The van der Waals surface area contributed by atoms with Gasteiger partial charge in [-0.3, -0.25) is 20.5 Å². The number of aliphatic imine (C=N–C) groups is 1. The van der Waals surface area contributed by atoms with Crippen LogP contribution >= 0.6 is 0 Å². The van der Waals surface area contributed by atoms with Crippen molar-refractivity contribution in [1.82, 2.24) is 10.4 Å². The quantitative estimate of drug-likeness (QED) is 0.284. The summed E-state index contributed by atoms with van der Waals surface area (Å²) in [7, 11) is 0. The van der Waals surface area contributed by atoms with Gasteiger partial charge >= 0.3 is 0 Å². The van der Waals surface area contributed by atoms with E-state index in [0.717, 1.165) is 5.75 Å². The lowest BCUT2D eigenvalue weighted by atomic mass is 10.2. The molecule has 1 aromatic heterocycles. The third-order valence-corrected chi connectivity index (χ3v) is 3.78. The third kappa shape index (κ3) is 5.70. The van der Waals surface area contributed by atoms with Crippen LogP contribution in [0.25, 0.3) is 0 Å². The molecule has 1 heterocycles.